The highest BCUT2D eigenvalue weighted by molar-refractivity contribution is 5.58. The van der Waals surface area contributed by atoms with E-state index in [4.69, 9.17) is 0 Å². The van der Waals surface area contributed by atoms with Gasteiger partial charge in [-0.2, -0.15) is 0 Å². The fourth-order valence-electron chi connectivity index (χ4n) is 2.64. The molecule has 0 aliphatic heterocycles. The molecule has 1 unspecified atom stereocenters. The maximum atomic E-state index is 3.75. The summed E-state index contributed by atoms with van der Waals surface area (Å²) in [7, 11) is 0. The SMILES string of the molecule is CCC(Nc1c(C)cc(C)cc1C)C1CC1. The lowest BCUT2D eigenvalue weighted by molar-refractivity contribution is 0.615. The summed E-state index contributed by atoms with van der Waals surface area (Å²) in [6.07, 6.45) is 4.06. The molecule has 0 radical (unpaired) electrons. The topological polar surface area (TPSA) is 12.0 Å². The second-order valence-electron chi connectivity index (χ2n) is 5.27. The molecule has 1 saturated carbocycles. The Balaban J connectivity index is 2.19. The molecule has 0 bridgehead atoms. The van der Waals surface area contributed by atoms with Gasteiger partial charge in [-0.25, -0.2) is 0 Å². The first-order valence-corrected chi connectivity index (χ1v) is 6.46. The molecule has 0 saturated heterocycles. The normalized spacial score (nSPS) is 17.2. The van der Waals surface area contributed by atoms with Gasteiger partial charge in [-0.1, -0.05) is 24.6 Å². The lowest BCUT2D eigenvalue weighted by Crippen LogP contribution is -2.21. The lowest BCUT2D eigenvalue weighted by atomic mass is 10.0. The van der Waals surface area contributed by atoms with E-state index in [0.717, 1.165) is 5.92 Å². The molecule has 1 N–H and O–H groups in total. The van der Waals surface area contributed by atoms with Crippen LogP contribution in [0, 0.1) is 26.7 Å². The van der Waals surface area contributed by atoms with Crippen LogP contribution in [0.2, 0.25) is 0 Å². The van der Waals surface area contributed by atoms with Gasteiger partial charge in [-0.3, -0.25) is 0 Å². The van der Waals surface area contributed by atoms with Crippen molar-refractivity contribution in [3.05, 3.63) is 28.8 Å². The van der Waals surface area contributed by atoms with E-state index in [1.54, 1.807) is 0 Å². The minimum atomic E-state index is 0.681. The summed E-state index contributed by atoms with van der Waals surface area (Å²) in [4.78, 5) is 0. The van der Waals surface area contributed by atoms with Gasteiger partial charge >= 0.3 is 0 Å². The number of anilines is 1. The first kappa shape index (κ1) is 11.5. The van der Waals surface area contributed by atoms with E-state index in [-0.39, 0.29) is 0 Å². The Morgan fingerprint density at radius 3 is 2.19 bits per heavy atom. The molecule has 1 aliphatic carbocycles. The van der Waals surface area contributed by atoms with Crippen LogP contribution >= 0.6 is 0 Å². The van der Waals surface area contributed by atoms with Crippen LogP contribution < -0.4 is 5.32 Å². The van der Waals surface area contributed by atoms with E-state index in [0.29, 0.717) is 6.04 Å². The number of nitrogens with one attached hydrogen (secondary N) is 1. The van der Waals surface area contributed by atoms with Crippen molar-refractivity contribution in [1.82, 2.24) is 0 Å². The molecule has 0 amide bonds. The largest absolute Gasteiger partial charge is 0.382 e. The van der Waals surface area contributed by atoms with Crippen LogP contribution in [0.3, 0.4) is 0 Å². The Morgan fingerprint density at radius 2 is 1.75 bits per heavy atom. The predicted molar refractivity (Wildman–Crippen MR) is 71.1 cm³/mol. The van der Waals surface area contributed by atoms with Gasteiger partial charge in [-0.15, -0.1) is 0 Å². The summed E-state index contributed by atoms with van der Waals surface area (Å²) >= 11 is 0. The lowest BCUT2D eigenvalue weighted by Gasteiger charge is -2.21. The fourth-order valence-corrected chi connectivity index (χ4v) is 2.64. The van der Waals surface area contributed by atoms with Crippen molar-refractivity contribution in [3.8, 4) is 0 Å². The second-order valence-corrected chi connectivity index (χ2v) is 5.27. The Hall–Kier alpha value is -0.980. The second kappa shape index (κ2) is 4.48. The Labute approximate surface area is 99.3 Å². The Bertz CT molecular complexity index is 354. The van der Waals surface area contributed by atoms with Gasteiger partial charge in [0.15, 0.2) is 0 Å². The van der Waals surface area contributed by atoms with Gasteiger partial charge in [-0.05, 0) is 57.1 Å². The van der Waals surface area contributed by atoms with Crippen molar-refractivity contribution in [2.45, 2.75) is 53.0 Å². The fraction of sp³-hybridized carbons (Fsp3) is 0.600. The molecule has 1 aromatic carbocycles. The minimum absolute atomic E-state index is 0.681. The van der Waals surface area contributed by atoms with Crippen molar-refractivity contribution >= 4 is 5.69 Å². The molecule has 0 aromatic heterocycles. The highest BCUT2D eigenvalue weighted by atomic mass is 14.9. The molecule has 2 rings (SSSR count). The highest BCUT2D eigenvalue weighted by Gasteiger charge is 2.30. The van der Waals surface area contributed by atoms with Crippen molar-refractivity contribution in [2.24, 2.45) is 5.92 Å². The van der Waals surface area contributed by atoms with E-state index in [1.807, 2.05) is 0 Å². The molecule has 0 spiro atoms. The van der Waals surface area contributed by atoms with E-state index in [9.17, 15) is 0 Å². The zero-order valence-electron chi connectivity index (χ0n) is 10.9. The number of hydrogen-bond donors (Lipinski definition) is 1. The van der Waals surface area contributed by atoms with Crippen LogP contribution in [0.4, 0.5) is 5.69 Å². The van der Waals surface area contributed by atoms with Crippen LogP contribution in [0.25, 0.3) is 0 Å². The smallest absolute Gasteiger partial charge is 0.0402 e. The van der Waals surface area contributed by atoms with E-state index >= 15 is 0 Å². The van der Waals surface area contributed by atoms with E-state index < -0.39 is 0 Å². The molecule has 0 heterocycles. The van der Waals surface area contributed by atoms with Crippen molar-refractivity contribution in [2.75, 3.05) is 5.32 Å². The number of aryl methyl sites for hydroxylation is 3. The molecule has 1 fully saturated rings. The third kappa shape index (κ3) is 2.40. The van der Waals surface area contributed by atoms with E-state index in [1.165, 1.54) is 41.6 Å². The molecule has 1 heteroatoms. The average molecular weight is 217 g/mol. The van der Waals surface area contributed by atoms with Crippen molar-refractivity contribution in [3.63, 3.8) is 0 Å². The Kier molecular flexibility index (Phi) is 3.22. The zero-order valence-corrected chi connectivity index (χ0v) is 10.9. The van der Waals surface area contributed by atoms with Gasteiger partial charge in [0.05, 0.1) is 0 Å². The predicted octanol–water partition coefficient (Wildman–Crippen LogP) is 4.21. The maximum Gasteiger partial charge on any atom is 0.0402 e. The third-order valence-electron chi connectivity index (χ3n) is 3.64. The summed E-state index contributed by atoms with van der Waals surface area (Å²) in [6.45, 7) is 8.88. The van der Waals surface area contributed by atoms with E-state index in [2.05, 4.69) is 45.1 Å². The Morgan fingerprint density at radius 1 is 1.19 bits per heavy atom. The van der Waals surface area contributed by atoms with Gasteiger partial charge in [0, 0.05) is 11.7 Å². The van der Waals surface area contributed by atoms with Crippen LogP contribution in [-0.4, -0.2) is 6.04 Å². The molecular formula is C15H23N. The molecular weight excluding hydrogens is 194 g/mol. The van der Waals surface area contributed by atoms with Gasteiger partial charge < -0.3 is 5.32 Å². The van der Waals surface area contributed by atoms with Crippen LogP contribution in [0.5, 0.6) is 0 Å². The molecule has 88 valence electrons. The highest BCUT2D eigenvalue weighted by Crippen LogP contribution is 2.36. The summed E-state index contributed by atoms with van der Waals surface area (Å²) in [6, 6.07) is 5.23. The minimum Gasteiger partial charge on any atom is -0.382 e. The maximum absolute atomic E-state index is 3.75. The summed E-state index contributed by atoms with van der Waals surface area (Å²) in [5.41, 5.74) is 5.50. The quantitative estimate of drug-likeness (QED) is 0.796. The third-order valence-corrected chi connectivity index (χ3v) is 3.64. The number of rotatable bonds is 4. The van der Waals surface area contributed by atoms with Crippen molar-refractivity contribution in [1.29, 1.82) is 0 Å². The zero-order chi connectivity index (χ0) is 11.7. The molecule has 1 atom stereocenters. The van der Waals surface area contributed by atoms with Crippen LogP contribution in [0.1, 0.15) is 42.9 Å². The van der Waals surface area contributed by atoms with Crippen LogP contribution in [0.15, 0.2) is 12.1 Å². The molecule has 1 aromatic rings. The van der Waals surface area contributed by atoms with Gasteiger partial charge in [0.1, 0.15) is 0 Å². The summed E-state index contributed by atoms with van der Waals surface area (Å²) in [5.74, 6) is 0.921. The summed E-state index contributed by atoms with van der Waals surface area (Å²) < 4.78 is 0. The number of benzene rings is 1. The molecule has 1 aliphatic rings. The number of hydrogen-bond acceptors (Lipinski definition) is 1. The molecule has 16 heavy (non-hydrogen) atoms. The van der Waals surface area contributed by atoms with Crippen LogP contribution in [-0.2, 0) is 0 Å². The van der Waals surface area contributed by atoms with Gasteiger partial charge in [0.2, 0.25) is 0 Å². The first-order valence-electron chi connectivity index (χ1n) is 6.46. The molecule has 1 nitrogen and oxygen atoms in total. The van der Waals surface area contributed by atoms with Gasteiger partial charge in [0.25, 0.3) is 0 Å². The summed E-state index contributed by atoms with van der Waals surface area (Å²) in [5, 5.41) is 3.75. The monoisotopic (exact) mass is 217 g/mol. The van der Waals surface area contributed by atoms with Crippen molar-refractivity contribution < 1.29 is 0 Å². The first-order chi connectivity index (χ1) is 7.61. The standard InChI is InChI=1S/C15H23N/c1-5-14(13-6-7-13)16-15-11(3)8-10(2)9-12(15)4/h8-9,13-14,16H,5-7H2,1-4H3. The average Bonchev–Trinajstić information content (AvgIpc) is 3.00.